The first-order valence-corrected chi connectivity index (χ1v) is 17.8. The van der Waals surface area contributed by atoms with Crippen LogP contribution in [0.3, 0.4) is 0 Å². The Morgan fingerprint density at radius 2 is 1.38 bits per heavy atom. The van der Waals surface area contributed by atoms with Gasteiger partial charge >= 0.3 is 0 Å². The maximum Gasteiger partial charge on any atom is 0.130 e. The molecule has 0 aliphatic heterocycles. The van der Waals surface area contributed by atoms with Gasteiger partial charge in [0.15, 0.2) is 0 Å². The van der Waals surface area contributed by atoms with Crippen LogP contribution in [0.5, 0.6) is 0 Å². The Balaban J connectivity index is 0.000000241. The van der Waals surface area contributed by atoms with Gasteiger partial charge in [-0.2, -0.15) is 5.26 Å². The Labute approximate surface area is 335 Å². The molecule has 0 bridgehead atoms. The molecule has 0 aliphatic carbocycles. The average molecular weight is 899 g/mol. The first-order valence-electron chi connectivity index (χ1n) is 17.8. The van der Waals surface area contributed by atoms with Gasteiger partial charge in [-0.25, -0.2) is 4.98 Å². The molecule has 0 atom stereocenters. The molecule has 8 aromatic rings. The predicted molar refractivity (Wildman–Crippen MR) is 215 cm³/mol. The van der Waals surface area contributed by atoms with E-state index in [9.17, 15) is 9.65 Å². The summed E-state index contributed by atoms with van der Waals surface area (Å²) in [7, 11) is 0. The number of aromatic nitrogens is 3. The second-order valence-corrected chi connectivity index (χ2v) is 15.3. The molecular weight excluding hydrogens is 860 g/mol. The fraction of sp³-hybridized carbons (Fsp3) is 0.167. The number of rotatable bonds is 4. The van der Waals surface area contributed by atoms with Gasteiger partial charge in [-0.1, -0.05) is 125 Å². The quantitative estimate of drug-likeness (QED) is 0.165. The zero-order valence-corrected chi connectivity index (χ0v) is 33.9. The Morgan fingerprint density at radius 1 is 0.673 bits per heavy atom. The van der Waals surface area contributed by atoms with Crippen LogP contribution >= 0.6 is 0 Å². The molecule has 0 fully saturated rings. The molecule has 7 heteroatoms. The Bertz CT molecular complexity index is 2630. The van der Waals surface area contributed by atoms with Gasteiger partial charge in [-0.3, -0.25) is 9.37 Å². The summed E-state index contributed by atoms with van der Waals surface area (Å²) >= 11 is 0. The SMILES string of the molecule is CC(C)(C)c1cc(-c2[c-]ccc3c2oc2c(-c4ccc(-c5ccccc5)cc4)c(C#N)ccc23)ncn1.CC(C)(C)c1ccnc(-c2[c-]cc(F)cc2)c1.[Ir]. The number of nitrogens with zero attached hydrogens (tertiary/aromatic N) is 4. The van der Waals surface area contributed by atoms with Crippen LogP contribution in [-0.2, 0) is 30.9 Å². The molecular formula is C48H39FIrN4O-2. The number of furan rings is 1. The summed E-state index contributed by atoms with van der Waals surface area (Å²) in [6.45, 7) is 12.8. The van der Waals surface area contributed by atoms with Crippen LogP contribution in [0.1, 0.15) is 58.4 Å². The summed E-state index contributed by atoms with van der Waals surface area (Å²) in [6.07, 6.45) is 3.38. The van der Waals surface area contributed by atoms with Crippen molar-refractivity contribution in [3.05, 3.63) is 163 Å². The fourth-order valence-electron chi connectivity index (χ4n) is 6.35. The molecule has 0 saturated heterocycles. The topological polar surface area (TPSA) is 75.6 Å². The van der Waals surface area contributed by atoms with Gasteiger partial charge in [0.2, 0.25) is 0 Å². The van der Waals surface area contributed by atoms with Gasteiger partial charge < -0.3 is 9.40 Å². The monoisotopic (exact) mass is 899 g/mol. The van der Waals surface area contributed by atoms with Crippen LogP contribution in [-0.4, -0.2) is 15.0 Å². The van der Waals surface area contributed by atoms with Crippen molar-refractivity contribution in [2.45, 2.75) is 52.4 Å². The van der Waals surface area contributed by atoms with Gasteiger partial charge in [0.05, 0.1) is 17.2 Å². The summed E-state index contributed by atoms with van der Waals surface area (Å²) in [6, 6.07) is 45.4. The molecule has 5 aromatic carbocycles. The molecule has 3 heterocycles. The van der Waals surface area contributed by atoms with Crippen molar-refractivity contribution in [3.8, 4) is 50.8 Å². The molecule has 0 amide bonds. The smallest absolute Gasteiger partial charge is 0.130 e. The van der Waals surface area contributed by atoms with E-state index in [0.717, 1.165) is 61.2 Å². The van der Waals surface area contributed by atoms with Crippen LogP contribution in [0, 0.1) is 29.3 Å². The number of fused-ring (bicyclic) bond motifs is 3. The first kappa shape index (κ1) is 38.9. The second kappa shape index (κ2) is 15.9. The van der Waals surface area contributed by atoms with E-state index in [4.69, 9.17) is 4.42 Å². The van der Waals surface area contributed by atoms with Crippen molar-refractivity contribution in [3.63, 3.8) is 0 Å². The Kier molecular flexibility index (Phi) is 11.2. The van der Waals surface area contributed by atoms with E-state index in [-0.39, 0.29) is 36.8 Å². The molecule has 1 radical (unpaired) electrons. The van der Waals surface area contributed by atoms with Crippen LogP contribution in [0.15, 0.2) is 132 Å². The molecule has 55 heavy (non-hydrogen) atoms. The fourth-order valence-corrected chi connectivity index (χ4v) is 6.35. The number of hydrogen-bond donors (Lipinski definition) is 0. The minimum atomic E-state index is -0.277. The van der Waals surface area contributed by atoms with Crippen molar-refractivity contribution >= 4 is 21.9 Å². The van der Waals surface area contributed by atoms with E-state index in [1.54, 1.807) is 18.6 Å². The summed E-state index contributed by atoms with van der Waals surface area (Å²) in [5.74, 6) is -0.277. The van der Waals surface area contributed by atoms with Crippen molar-refractivity contribution in [1.82, 2.24) is 15.0 Å². The van der Waals surface area contributed by atoms with Crippen molar-refractivity contribution < 1.29 is 28.9 Å². The first-order chi connectivity index (χ1) is 25.9. The molecule has 275 valence electrons. The van der Waals surface area contributed by atoms with Crippen LogP contribution in [0.4, 0.5) is 4.39 Å². The molecule has 0 N–H and O–H groups in total. The Hall–Kier alpha value is -5.80. The minimum absolute atomic E-state index is 0. The maximum absolute atomic E-state index is 12.8. The van der Waals surface area contributed by atoms with E-state index < -0.39 is 0 Å². The molecule has 0 spiro atoms. The maximum atomic E-state index is 12.8. The second-order valence-electron chi connectivity index (χ2n) is 15.3. The zero-order chi connectivity index (χ0) is 38.0. The average Bonchev–Trinajstić information content (AvgIpc) is 3.57. The van der Waals surface area contributed by atoms with Crippen molar-refractivity contribution in [2.75, 3.05) is 0 Å². The summed E-state index contributed by atoms with van der Waals surface area (Å²) in [5, 5.41) is 11.9. The van der Waals surface area contributed by atoms with E-state index in [0.29, 0.717) is 16.7 Å². The van der Waals surface area contributed by atoms with Crippen molar-refractivity contribution in [2.24, 2.45) is 0 Å². The normalized spacial score (nSPS) is 11.4. The standard InChI is InChI=1S/C33H24N3O.C15H15FN.Ir/c1-33(2,3)29-18-28(35-20-36-29)27-11-7-10-25-26-17-16-24(19-34)30(32(26)37-31(25)27)23-14-12-22(13-15-23)21-8-5-4-6-9-21;1-15(2,3)12-8-9-17-14(10-12)11-4-6-13(16)7-5-11;/h4-10,12-18,20H,1-3H3;4,6-10H,1-3H3;/q2*-1;. The minimum Gasteiger partial charge on any atom is -0.500 e. The summed E-state index contributed by atoms with van der Waals surface area (Å²) in [5.41, 5.74) is 11.3. The number of benzene rings is 5. The molecule has 0 unspecified atom stereocenters. The van der Waals surface area contributed by atoms with Gasteiger partial charge in [0.25, 0.3) is 0 Å². The molecule has 3 aromatic heterocycles. The van der Waals surface area contributed by atoms with E-state index >= 15 is 0 Å². The number of nitriles is 1. The predicted octanol–water partition coefficient (Wildman–Crippen LogP) is 12.3. The number of hydrogen-bond acceptors (Lipinski definition) is 5. The van der Waals surface area contributed by atoms with E-state index in [1.807, 2.05) is 60.7 Å². The molecule has 8 rings (SSSR count). The molecule has 5 nitrogen and oxygen atoms in total. The third-order valence-corrected chi connectivity index (χ3v) is 9.37. The van der Waals surface area contributed by atoms with Gasteiger partial charge in [-0.15, -0.1) is 48.0 Å². The van der Waals surface area contributed by atoms with Crippen LogP contribution in [0.25, 0.3) is 66.7 Å². The third-order valence-electron chi connectivity index (χ3n) is 9.37. The van der Waals surface area contributed by atoms with Gasteiger partial charge in [0.1, 0.15) is 11.9 Å². The number of halogens is 1. The summed E-state index contributed by atoms with van der Waals surface area (Å²) in [4.78, 5) is 13.3. The van der Waals surface area contributed by atoms with Gasteiger partial charge in [0, 0.05) is 54.2 Å². The Morgan fingerprint density at radius 3 is 2.05 bits per heavy atom. The van der Waals surface area contributed by atoms with E-state index in [2.05, 4.69) is 111 Å². The van der Waals surface area contributed by atoms with Crippen molar-refractivity contribution in [1.29, 1.82) is 5.26 Å². The van der Waals surface area contributed by atoms with Gasteiger partial charge in [-0.05, 0) is 51.2 Å². The molecule has 0 aliphatic rings. The largest absolute Gasteiger partial charge is 0.500 e. The summed E-state index contributed by atoms with van der Waals surface area (Å²) < 4.78 is 19.4. The molecule has 0 saturated carbocycles. The van der Waals surface area contributed by atoms with E-state index in [1.165, 1.54) is 17.7 Å². The third kappa shape index (κ3) is 8.32. The number of pyridine rings is 1. The zero-order valence-electron chi connectivity index (χ0n) is 31.5. The van der Waals surface area contributed by atoms with Crippen LogP contribution in [0.2, 0.25) is 0 Å². The van der Waals surface area contributed by atoms with Crippen LogP contribution < -0.4 is 0 Å².